The van der Waals surface area contributed by atoms with Gasteiger partial charge in [0.2, 0.25) is 0 Å². The molecule has 0 bridgehead atoms. The second kappa shape index (κ2) is 4.33. The van der Waals surface area contributed by atoms with Gasteiger partial charge in [0.15, 0.2) is 0 Å². The van der Waals surface area contributed by atoms with Crippen LogP contribution in [-0.4, -0.2) is 4.57 Å². The molecule has 2 heterocycles. The number of aryl methyl sites for hydroxylation is 1. The molecule has 2 aromatic heterocycles. The van der Waals surface area contributed by atoms with E-state index in [1.807, 2.05) is 23.7 Å². The van der Waals surface area contributed by atoms with Gasteiger partial charge in [0.25, 0.3) is 5.56 Å². The van der Waals surface area contributed by atoms with Gasteiger partial charge in [-0.1, -0.05) is 0 Å². The fourth-order valence-electron chi connectivity index (χ4n) is 1.53. The monoisotopic (exact) mass is 217 g/mol. The summed E-state index contributed by atoms with van der Waals surface area (Å²) >= 11 is 1.59. The van der Waals surface area contributed by atoms with Crippen molar-refractivity contribution in [1.29, 1.82) is 0 Å². The third-order valence-electron chi connectivity index (χ3n) is 2.31. The van der Waals surface area contributed by atoms with E-state index in [4.69, 9.17) is 6.42 Å². The maximum atomic E-state index is 11.9. The van der Waals surface area contributed by atoms with Gasteiger partial charge in [-0.2, -0.15) is 0 Å². The van der Waals surface area contributed by atoms with E-state index in [1.165, 1.54) is 0 Å². The Morgan fingerprint density at radius 2 is 2.33 bits per heavy atom. The lowest BCUT2D eigenvalue weighted by molar-refractivity contribution is 0.638. The lowest BCUT2D eigenvalue weighted by Gasteiger charge is -2.03. The van der Waals surface area contributed by atoms with Crippen molar-refractivity contribution in [3.8, 4) is 12.3 Å². The second-order valence-corrected chi connectivity index (χ2v) is 4.27. The van der Waals surface area contributed by atoms with Gasteiger partial charge in [0.05, 0.1) is 5.39 Å². The van der Waals surface area contributed by atoms with Crippen LogP contribution in [0.5, 0.6) is 0 Å². The quantitative estimate of drug-likeness (QED) is 0.572. The Bertz CT molecular complexity index is 559. The van der Waals surface area contributed by atoms with Crippen molar-refractivity contribution in [2.24, 2.45) is 0 Å². The Morgan fingerprint density at radius 1 is 1.47 bits per heavy atom. The summed E-state index contributed by atoms with van der Waals surface area (Å²) in [5, 5.41) is 2.75. The number of rotatable bonds is 3. The summed E-state index contributed by atoms with van der Waals surface area (Å²) in [6.45, 7) is 0.703. The summed E-state index contributed by atoms with van der Waals surface area (Å²) in [7, 11) is 0. The van der Waals surface area contributed by atoms with Gasteiger partial charge in [-0.15, -0.1) is 23.7 Å². The molecule has 0 saturated heterocycles. The number of nitrogens with zero attached hydrogens (tertiary/aromatic N) is 1. The number of thiophene rings is 1. The minimum Gasteiger partial charge on any atom is -0.315 e. The van der Waals surface area contributed by atoms with Gasteiger partial charge in [0.1, 0.15) is 0 Å². The van der Waals surface area contributed by atoms with Crippen LogP contribution < -0.4 is 5.56 Å². The molecule has 0 atom stereocenters. The Hall–Kier alpha value is -1.53. The lowest BCUT2D eigenvalue weighted by atomic mass is 10.3. The predicted molar refractivity (Wildman–Crippen MR) is 64.2 cm³/mol. The van der Waals surface area contributed by atoms with Gasteiger partial charge in [0, 0.05) is 23.9 Å². The highest BCUT2D eigenvalue weighted by Gasteiger charge is 2.02. The largest absolute Gasteiger partial charge is 0.315 e. The topological polar surface area (TPSA) is 22.0 Å². The zero-order valence-corrected chi connectivity index (χ0v) is 9.09. The van der Waals surface area contributed by atoms with Crippen LogP contribution in [0.25, 0.3) is 10.1 Å². The molecule has 0 aliphatic rings. The summed E-state index contributed by atoms with van der Waals surface area (Å²) in [4.78, 5) is 11.9. The van der Waals surface area contributed by atoms with Crippen LogP contribution in [0.1, 0.15) is 12.8 Å². The first-order chi connectivity index (χ1) is 7.33. The molecule has 15 heavy (non-hydrogen) atoms. The molecule has 2 nitrogen and oxygen atoms in total. The van der Waals surface area contributed by atoms with Crippen molar-refractivity contribution in [1.82, 2.24) is 4.57 Å². The highest BCUT2D eigenvalue weighted by molar-refractivity contribution is 7.17. The van der Waals surface area contributed by atoms with Crippen molar-refractivity contribution in [3.05, 3.63) is 34.1 Å². The number of hydrogen-bond donors (Lipinski definition) is 0. The molecule has 0 radical (unpaired) electrons. The van der Waals surface area contributed by atoms with Crippen LogP contribution in [0.3, 0.4) is 0 Å². The number of fused-ring (bicyclic) bond motifs is 1. The van der Waals surface area contributed by atoms with Crippen LogP contribution in [0.2, 0.25) is 0 Å². The van der Waals surface area contributed by atoms with Gasteiger partial charge >= 0.3 is 0 Å². The lowest BCUT2D eigenvalue weighted by Crippen LogP contribution is -2.18. The number of aromatic nitrogens is 1. The van der Waals surface area contributed by atoms with Crippen LogP contribution in [-0.2, 0) is 6.54 Å². The molecule has 0 aliphatic carbocycles. The number of unbranched alkanes of at least 4 members (excludes halogenated alkanes) is 1. The van der Waals surface area contributed by atoms with Crippen molar-refractivity contribution in [2.75, 3.05) is 0 Å². The van der Waals surface area contributed by atoms with Gasteiger partial charge in [-0.05, 0) is 23.9 Å². The zero-order valence-electron chi connectivity index (χ0n) is 8.27. The van der Waals surface area contributed by atoms with Crippen LogP contribution in [0.4, 0.5) is 0 Å². The SMILES string of the molecule is C#CCCCn1ccc2sccc2c1=O. The third-order valence-corrected chi connectivity index (χ3v) is 3.19. The molecule has 0 spiro atoms. The molecule has 76 valence electrons. The van der Waals surface area contributed by atoms with Gasteiger partial charge < -0.3 is 4.57 Å². The van der Waals surface area contributed by atoms with Crippen LogP contribution in [0.15, 0.2) is 28.5 Å². The minimum absolute atomic E-state index is 0.0887. The first-order valence-electron chi connectivity index (χ1n) is 4.83. The highest BCUT2D eigenvalue weighted by atomic mass is 32.1. The van der Waals surface area contributed by atoms with E-state index in [-0.39, 0.29) is 5.56 Å². The van der Waals surface area contributed by atoms with Crippen LogP contribution in [0, 0.1) is 12.3 Å². The Kier molecular flexibility index (Phi) is 2.89. The fraction of sp³-hybridized carbons (Fsp3) is 0.250. The van der Waals surface area contributed by atoms with Crippen LogP contribution >= 0.6 is 11.3 Å². The van der Waals surface area contributed by atoms with E-state index in [1.54, 1.807) is 15.9 Å². The molecule has 0 aromatic carbocycles. The Morgan fingerprint density at radius 3 is 3.13 bits per heavy atom. The normalized spacial score (nSPS) is 10.3. The first kappa shape index (κ1) is 10.0. The number of hydrogen-bond acceptors (Lipinski definition) is 2. The standard InChI is InChI=1S/C12H11NOS/c1-2-3-4-7-13-8-5-11-10(12(13)14)6-9-15-11/h1,5-6,8-9H,3-4,7H2. The van der Waals surface area contributed by atoms with E-state index in [0.717, 1.165) is 16.5 Å². The number of terminal acetylenes is 1. The fourth-order valence-corrected chi connectivity index (χ4v) is 2.31. The van der Waals surface area contributed by atoms with Gasteiger partial charge in [-0.25, -0.2) is 0 Å². The van der Waals surface area contributed by atoms with Crippen molar-refractivity contribution in [3.63, 3.8) is 0 Å². The van der Waals surface area contributed by atoms with E-state index in [9.17, 15) is 4.79 Å². The average molecular weight is 217 g/mol. The zero-order chi connectivity index (χ0) is 10.7. The molecule has 0 unspecified atom stereocenters. The molecule has 0 N–H and O–H groups in total. The smallest absolute Gasteiger partial charge is 0.259 e. The Balaban J connectivity index is 2.32. The maximum Gasteiger partial charge on any atom is 0.259 e. The summed E-state index contributed by atoms with van der Waals surface area (Å²) in [6.07, 6.45) is 8.58. The summed E-state index contributed by atoms with van der Waals surface area (Å²) < 4.78 is 2.78. The second-order valence-electron chi connectivity index (χ2n) is 3.32. The predicted octanol–water partition coefficient (Wildman–Crippen LogP) is 2.48. The van der Waals surface area contributed by atoms with Crippen molar-refractivity contribution >= 4 is 21.4 Å². The molecule has 2 aromatic rings. The molecular formula is C12H11NOS. The van der Waals surface area contributed by atoms with E-state index in [0.29, 0.717) is 13.0 Å². The molecule has 0 saturated carbocycles. The molecule has 0 amide bonds. The summed E-state index contributed by atoms with van der Waals surface area (Å²) in [5.74, 6) is 2.58. The van der Waals surface area contributed by atoms with E-state index < -0.39 is 0 Å². The highest BCUT2D eigenvalue weighted by Crippen LogP contribution is 2.16. The van der Waals surface area contributed by atoms with Gasteiger partial charge in [-0.3, -0.25) is 4.79 Å². The minimum atomic E-state index is 0.0887. The average Bonchev–Trinajstić information content (AvgIpc) is 2.70. The summed E-state index contributed by atoms with van der Waals surface area (Å²) in [6, 6.07) is 3.86. The van der Waals surface area contributed by atoms with E-state index in [2.05, 4.69) is 5.92 Å². The molecule has 3 heteroatoms. The Labute approximate surface area is 92.2 Å². The molecule has 2 rings (SSSR count). The number of pyridine rings is 1. The van der Waals surface area contributed by atoms with Crippen molar-refractivity contribution < 1.29 is 0 Å². The molecule has 0 aliphatic heterocycles. The molecule has 0 fully saturated rings. The van der Waals surface area contributed by atoms with Crippen molar-refractivity contribution in [2.45, 2.75) is 19.4 Å². The maximum absolute atomic E-state index is 11.9. The third kappa shape index (κ3) is 1.95. The molecular weight excluding hydrogens is 206 g/mol. The first-order valence-corrected chi connectivity index (χ1v) is 5.71. The van der Waals surface area contributed by atoms with E-state index >= 15 is 0 Å². The summed E-state index contributed by atoms with van der Waals surface area (Å²) in [5.41, 5.74) is 0.0887.